The smallest absolute Gasteiger partial charge is 0.332 e. The maximum Gasteiger partial charge on any atom is 0.332 e. The molecule has 1 aromatic carbocycles. The van der Waals surface area contributed by atoms with Gasteiger partial charge in [0.25, 0.3) is 0 Å². The minimum absolute atomic E-state index is 0.402. The summed E-state index contributed by atoms with van der Waals surface area (Å²) in [6.45, 7) is 4.86. The van der Waals surface area contributed by atoms with Gasteiger partial charge in [-0.15, -0.1) is 0 Å². The second-order valence-electron chi connectivity index (χ2n) is 5.19. The molecule has 0 aromatic heterocycles. The van der Waals surface area contributed by atoms with Gasteiger partial charge >= 0.3 is 5.97 Å². The quantitative estimate of drug-likeness (QED) is 0.353. The Labute approximate surface area is 114 Å². The monoisotopic (exact) mass is 264 g/mol. The zero-order valence-electron chi connectivity index (χ0n) is 11.6. The number of hydrogen-bond donors (Lipinski definition) is 1. The van der Waals surface area contributed by atoms with Gasteiger partial charge in [0.05, 0.1) is 27.1 Å². The van der Waals surface area contributed by atoms with E-state index in [1.54, 1.807) is 0 Å². The van der Waals surface area contributed by atoms with E-state index in [1.165, 1.54) is 5.56 Å². The average molecular weight is 264 g/mol. The molecule has 104 valence electrons. The highest BCUT2D eigenvalue weighted by atomic mass is 16.6. The number of carbonyl (C=O) groups is 1. The number of benzene rings is 1. The number of aliphatic hydroxyl groups is 1. The van der Waals surface area contributed by atoms with Crippen molar-refractivity contribution in [3.8, 4) is 0 Å². The zero-order valence-corrected chi connectivity index (χ0v) is 11.6. The minimum Gasteiger partial charge on any atom is -0.433 e. The molecule has 0 bridgehead atoms. The molecule has 1 N–H and O–H groups in total. The van der Waals surface area contributed by atoms with Gasteiger partial charge < -0.3 is 14.3 Å². The summed E-state index contributed by atoms with van der Waals surface area (Å²) in [5.74, 6) is -0.596. The number of aliphatic hydroxyl groups excluding tert-OH is 1. The van der Waals surface area contributed by atoms with E-state index in [0.717, 1.165) is 12.6 Å². The maximum atomic E-state index is 10.9. The van der Waals surface area contributed by atoms with Crippen LogP contribution in [0.4, 0.5) is 0 Å². The molecule has 0 saturated carbocycles. The van der Waals surface area contributed by atoms with Crippen LogP contribution in [0.15, 0.2) is 43.0 Å². The Morgan fingerprint density at radius 2 is 2.05 bits per heavy atom. The Hall–Kier alpha value is -1.65. The Kier molecular flexibility index (Phi) is 5.73. The highest BCUT2D eigenvalue weighted by Crippen LogP contribution is 2.11. The van der Waals surface area contributed by atoms with Gasteiger partial charge in [0.1, 0.15) is 6.54 Å². The first-order chi connectivity index (χ1) is 8.93. The number of nitrogens with zero attached hydrogens (tertiary/aromatic N) is 1. The molecule has 0 fully saturated rings. The topological polar surface area (TPSA) is 46.5 Å². The standard InChI is InChI=1S/C15H22NO3/c1-4-14(17)19-15(18)10-11-16(2,3)12-13-8-6-5-7-9-13/h4-9,15,18H,1,10-12H2,2-3H3/q+1. The van der Waals surface area contributed by atoms with Gasteiger partial charge in [-0.1, -0.05) is 36.9 Å². The second-order valence-corrected chi connectivity index (χ2v) is 5.19. The maximum absolute atomic E-state index is 10.9. The lowest BCUT2D eigenvalue weighted by atomic mass is 10.2. The molecule has 0 aliphatic rings. The van der Waals surface area contributed by atoms with Crippen LogP contribution >= 0.6 is 0 Å². The molecular formula is C15H22NO3+. The number of quaternary nitrogens is 1. The van der Waals surface area contributed by atoms with Crippen LogP contribution in [-0.2, 0) is 16.1 Å². The second kappa shape index (κ2) is 7.07. The van der Waals surface area contributed by atoms with E-state index in [9.17, 15) is 9.90 Å². The van der Waals surface area contributed by atoms with Gasteiger partial charge in [0.15, 0.2) is 0 Å². The molecule has 0 radical (unpaired) electrons. The van der Waals surface area contributed by atoms with Gasteiger partial charge in [0, 0.05) is 11.6 Å². The lowest BCUT2D eigenvalue weighted by Crippen LogP contribution is -2.41. The molecule has 1 atom stereocenters. The summed E-state index contributed by atoms with van der Waals surface area (Å²) in [6, 6.07) is 10.2. The summed E-state index contributed by atoms with van der Waals surface area (Å²) in [7, 11) is 4.16. The molecule has 4 nitrogen and oxygen atoms in total. The fourth-order valence-electron chi connectivity index (χ4n) is 1.86. The van der Waals surface area contributed by atoms with E-state index in [2.05, 4.69) is 32.8 Å². The minimum atomic E-state index is -1.07. The van der Waals surface area contributed by atoms with Gasteiger partial charge in [-0.3, -0.25) is 0 Å². The van der Waals surface area contributed by atoms with E-state index in [4.69, 9.17) is 4.74 Å². The first-order valence-electron chi connectivity index (χ1n) is 6.30. The predicted octanol–water partition coefficient (Wildman–Crippen LogP) is 1.70. The SMILES string of the molecule is C=CC(=O)OC(O)CC[N+](C)(C)Cc1ccccc1. The molecular weight excluding hydrogens is 242 g/mol. The molecule has 0 saturated heterocycles. The van der Waals surface area contributed by atoms with Crippen LogP contribution in [0.2, 0.25) is 0 Å². The first-order valence-corrected chi connectivity index (χ1v) is 6.30. The van der Waals surface area contributed by atoms with Gasteiger partial charge in [-0.25, -0.2) is 4.79 Å². The van der Waals surface area contributed by atoms with Crippen molar-refractivity contribution in [3.63, 3.8) is 0 Å². The summed E-state index contributed by atoms with van der Waals surface area (Å²) >= 11 is 0. The van der Waals surface area contributed by atoms with Crippen molar-refractivity contribution in [3.05, 3.63) is 48.6 Å². The summed E-state index contributed by atoms with van der Waals surface area (Å²) in [4.78, 5) is 10.9. The molecule has 1 aromatic rings. The third-order valence-corrected chi connectivity index (χ3v) is 2.85. The molecule has 0 heterocycles. The number of carbonyl (C=O) groups excluding carboxylic acids is 1. The third-order valence-electron chi connectivity index (χ3n) is 2.85. The largest absolute Gasteiger partial charge is 0.433 e. The number of rotatable bonds is 7. The summed E-state index contributed by atoms with van der Waals surface area (Å²) in [5.41, 5.74) is 1.24. The van der Waals surface area contributed by atoms with Crippen LogP contribution in [0.3, 0.4) is 0 Å². The van der Waals surface area contributed by atoms with Crippen LogP contribution < -0.4 is 0 Å². The fraction of sp³-hybridized carbons (Fsp3) is 0.400. The molecule has 4 heteroatoms. The van der Waals surface area contributed by atoms with E-state index in [-0.39, 0.29) is 0 Å². The number of ether oxygens (including phenoxy) is 1. The van der Waals surface area contributed by atoms with E-state index in [0.29, 0.717) is 17.4 Å². The Bertz CT molecular complexity index is 415. The third kappa shape index (κ3) is 6.18. The fourth-order valence-corrected chi connectivity index (χ4v) is 1.86. The normalized spacial score (nSPS) is 12.8. The molecule has 0 spiro atoms. The zero-order chi connectivity index (χ0) is 14.3. The molecule has 0 aliphatic carbocycles. The van der Waals surface area contributed by atoms with Crippen molar-refractivity contribution in [1.29, 1.82) is 0 Å². The van der Waals surface area contributed by atoms with Crippen LogP contribution in [0.1, 0.15) is 12.0 Å². The summed E-state index contributed by atoms with van der Waals surface area (Å²) in [6.07, 6.45) is 0.380. The van der Waals surface area contributed by atoms with E-state index < -0.39 is 12.3 Å². The predicted molar refractivity (Wildman–Crippen MR) is 74.0 cm³/mol. The van der Waals surface area contributed by atoms with Gasteiger partial charge in [0.2, 0.25) is 6.29 Å². The van der Waals surface area contributed by atoms with Crippen LogP contribution in [0.25, 0.3) is 0 Å². The summed E-state index contributed by atoms with van der Waals surface area (Å²) in [5, 5.41) is 9.58. The van der Waals surface area contributed by atoms with Crippen LogP contribution in [-0.4, -0.2) is 42.5 Å². The van der Waals surface area contributed by atoms with Gasteiger partial charge in [-0.05, 0) is 0 Å². The van der Waals surface area contributed by atoms with E-state index in [1.807, 2.05) is 18.2 Å². The van der Waals surface area contributed by atoms with Crippen molar-refractivity contribution in [2.45, 2.75) is 19.3 Å². The Morgan fingerprint density at radius 3 is 2.63 bits per heavy atom. The molecule has 0 aliphatic heterocycles. The van der Waals surface area contributed by atoms with Crippen molar-refractivity contribution < 1.29 is 19.1 Å². The van der Waals surface area contributed by atoms with Crippen molar-refractivity contribution in [1.82, 2.24) is 0 Å². The van der Waals surface area contributed by atoms with Gasteiger partial charge in [-0.2, -0.15) is 0 Å². The first kappa shape index (κ1) is 15.4. The highest BCUT2D eigenvalue weighted by molar-refractivity contribution is 5.81. The molecule has 19 heavy (non-hydrogen) atoms. The molecule has 1 rings (SSSR count). The highest BCUT2D eigenvalue weighted by Gasteiger charge is 2.19. The average Bonchev–Trinajstić information content (AvgIpc) is 2.37. The lowest BCUT2D eigenvalue weighted by Gasteiger charge is -2.30. The van der Waals surface area contributed by atoms with E-state index >= 15 is 0 Å². The lowest BCUT2D eigenvalue weighted by molar-refractivity contribution is -0.904. The summed E-state index contributed by atoms with van der Waals surface area (Å²) < 4.78 is 5.45. The Morgan fingerprint density at radius 1 is 1.42 bits per heavy atom. The van der Waals surface area contributed by atoms with Crippen LogP contribution in [0, 0.1) is 0 Å². The number of hydrogen-bond acceptors (Lipinski definition) is 3. The van der Waals surface area contributed by atoms with Crippen molar-refractivity contribution >= 4 is 5.97 Å². The van der Waals surface area contributed by atoms with Crippen molar-refractivity contribution in [2.24, 2.45) is 0 Å². The van der Waals surface area contributed by atoms with Crippen LogP contribution in [0.5, 0.6) is 0 Å². The number of esters is 1. The van der Waals surface area contributed by atoms with Crippen molar-refractivity contribution in [2.75, 3.05) is 20.6 Å². The Balaban J connectivity index is 2.42. The molecule has 1 unspecified atom stereocenters. The molecule has 0 amide bonds.